The lowest BCUT2D eigenvalue weighted by Gasteiger charge is -2.32. The van der Waals surface area contributed by atoms with Gasteiger partial charge in [-0.3, -0.25) is 0 Å². The lowest BCUT2D eigenvalue weighted by atomic mass is 10.1. The molecule has 0 unspecified atom stereocenters. The second kappa shape index (κ2) is 29.1. The molecule has 2 N–H and O–H groups in total. The summed E-state index contributed by atoms with van der Waals surface area (Å²) in [5, 5.41) is 22.8. The number of carbonyl (C=O) groups excluding carboxylic acids is 8. The normalized spacial score (nSPS) is 12.5. The summed E-state index contributed by atoms with van der Waals surface area (Å²) < 4.78 is 46.8. The van der Waals surface area contributed by atoms with Crippen LogP contribution in [0, 0.1) is 0 Å². The van der Waals surface area contributed by atoms with E-state index in [1.54, 1.807) is 141 Å². The highest BCUT2D eigenvalue weighted by Crippen LogP contribution is 2.31. The van der Waals surface area contributed by atoms with Gasteiger partial charge in [0.1, 0.15) is 59.2 Å². The van der Waals surface area contributed by atoms with Gasteiger partial charge in [0.15, 0.2) is 11.4 Å². The average molecular weight is 1150 g/mol. The summed E-state index contributed by atoms with van der Waals surface area (Å²) in [6, 6.07) is 17.4. The molecule has 4 rings (SSSR count). The monoisotopic (exact) mass is 1150 g/mol. The molecule has 0 aliphatic carbocycles. The molecule has 0 aliphatic heterocycles. The van der Waals surface area contributed by atoms with E-state index >= 15 is 0 Å². The Balaban J connectivity index is 1.66. The Labute approximate surface area is 479 Å². The van der Waals surface area contributed by atoms with Gasteiger partial charge in [0.2, 0.25) is 0 Å². The van der Waals surface area contributed by atoms with Crippen LogP contribution < -0.4 is 0 Å². The summed E-state index contributed by atoms with van der Waals surface area (Å²) in [7, 11) is 2.20. The molecule has 22 heteroatoms. The molecule has 0 radical (unpaired) electrons. The van der Waals surface area contributed by atoms with Crippen LogP contribution in [0.4, 0.5) is 19.2 Å². The van der Waals surface area contributed by atoms with E-state index in [4.69, 9.17) is 37.9 Å². The highest BCUT2D eigenvalue weighted by molar-refractivity contribution is 5.95. The first-order valence-electron chi connectivity index (χ1n) is 27.1. The molecule has 0 bridgehead atoms. The van der Waals surface area contributed by atoms with Crippen molar-refractivity contribution in [2.75, 3.05) is 14.2 Å². The molecule has 0 aliphatic rings. The number of esters is 4. The number of unbranched alkanes of at least 4 members (excludes halogenated alkanes) is 3. The summed E-state index contributed by atoms with van der Waals surface area (Å²) in [6.07, 6.45) is -3.55. The quantitative estimate of drug-likeness (QED) is 0.0397. The summed E-state index contributed by atoms with van der Waals surface area (Å²) in [4.78, 5) is 111. The Morgan fingerprint density at radius 1 is 0.463 bits per heavy atom. The molecule has 450 valence electrons. The van der Waals surface area contributed by atoms with E-state index in [9.17, 15) is 48.6 Å². The lowest BCUT2D eigenvalue weighted by molar-refractivity contribution is -0.147. The lowest BCUT2D eigenvalue weighted by Crippen LogP contribution is -2.52. The molecule has 0 spiro atoms. The third-order valence-electron chi connectivity index (χ3n) is 11.9. The van der Waals surface area contributed by atoms with Crippen molar-refractivity contribution in [3.05, 3.63) is 107 Å². The van der Waals surface area contributed by atoms with E-state index in [0.29, 0.717) is 58.0 Å². The second-order valence-corrected chi connectivity index (χ2v) is 23.4. The van der Waals surface area contributed by atoms with E-state index in [0.717, 1.165) is 14.2 Å². The third-order valence-corrected chi connectivity index (χ3v) is 11.9. The van der Waals surface area contributed by atoms with Gasteiger partial charge in [-0.1, -0.05) is 73.5 Å². The average Bonchev–Trinajstić information content (AvgIpc) is 4.08. The number of imide groups is 2. The highest BCUT2D eigenvalue weighted by Gasteiger charge is 2.43. The number of carbonyl (C=O) groups is 8. The van der Waals surface area contributed by atoms with Crippen LogP contribution in [0.1, 0.15) is 165 Å². The summed E-state index contributed by atoms with van der Waals surface area (Å²) in [6.45, 7) is 19.1. The Morgan fingerprint density at radius 2 is 0.756 bits per heavy atom. The number of hydrogen-bond acceptors (Lipinski definition) is 18. The predicted molar refractivity (Wildman–Crippen MR) is 299 cm³/mol. The van der Waals surface area contributed by atoms with Gasteiger partial charge in [0, 0.05) is 36.6 Å². The van der Waals surface area contributed by atoms with Crippen molar-refractivity contribution >= 4 is 48.3 Å². The number of aromatic nitrogens is 2. The Kier molecular flexibility index (Phi) is 23.6. The van der Waals surface area contributed by atoms with E-state index in [-0.39, 0.29) is 63.4 Å². The minimum absolute atomic E-state index is 0.0887. The Hall–Kier alpha value is -8.04. The molecular formula is C60H82N4O18. The molecule has 4 aromatic rings. The number of hydrogen-bond donors (Lipinski definition) is 2. The maximum absolute atomic E-state index is 13.9. The van der Waals surface area contributed by atoms with Gasteiger partial charge in [-0.2, -0.15) is 9.80 Å². The number of ether oxygens (including phenoxy) is 8. The van der Waals surface area contributed by atoms with Crippen LogP contribution in [0.15, 0.2) is 72.8 Å². The molecule has 0 fully saturated rings. The van der Waals surface area contributed by atoms with Gasteiger partial charge < -0.3 is 57.2 Å². The maximum atomic E-state index is 13.9. The van der Waals surface area contributed by atoms with Crippen LogP contribution >= 0.6 is 0 Å². The first-order chi connectivity index (χ1) is 38.2. The van der Waals surface area contributed by atoms with Gasteiger partial charge in [0.25, 0.3) is 0 Å². The minimum atomic E-state index is -1.58. The van der Waals surface area contributed by atoms with Crippen molar-refractivity contribution < 1.29 is 86.5 Å². The summed E-state index contributed by atoms with van der Waals surface area (Å²) >= 11 is 0. The maximum Gasteiger partial charge on any atom is 0.420 e. The number of nitrogens with zero attached hydrogens (tertiary/aromatic N) is 4. The zero-order valence-corrected chi connectivity index (χ0v) is 49.8. The fourth-order valence-electron chi connectivity index (χ4n) is 8.45. The number of amides is 4. The molecule has 2 aromatic carbocycles. The molecule has 82 heavy (non-hydrogen) atoms. The number of aryl methyl sites for hydroxylation is 2. The molecule has 2 aromatic heterocycles. The van der Waals surface area contributed by atoms with Gasteiger partial charge in [-0.15, -0.1) is 0 Å². The number of methoxy groups -OCH3 is 2. The van der Waals surface area contributed by atoms with Crippen molar-refractivity contribution in [3.8, 4) is 11.5 Å². The minimum Gasteiger partial charge on any atom is -0.505 e. The first kappa shape index (κ1) is 66.5. The van der Waals surface area contributed by atoms with Crippen molar-refractivity contribution in [1.82, 2.24) is 18.9 Å². The van der Waals surface area contributed by atoms with E-state index in [1.807, 2.05) is 12.1 Å². The second-order valence-electron chi connectivity index (χ2n) is 23.4. The van der Waals surface area contributed by atoms with Crippen LogP contribution in [0.2, 0.25) is 0 Å². The zero-order valence-electron chi connectivity index (χ0n) is 49.8. The topological polar surface area (TPSA) is 267 Å². The molecular weight excluding hydrogens is 1060 g/mol. The predicted octanol–water partition coefficient (Wildman–Crippen LogP) is 11.0. The Bertz CT molecular complexity index is 2580. The summed E-state index contributed by atoms with van der Waals surface area (Å²) in [5.74, 6) is -4.44. The van der Waals surface area contributed by atoms with E-state index in [1.165, 1.54) is 12.1 Å². The highest BCUT2D eigenvalue weighted by atomic mass is 16.6. The molecule has 4 amide bonds. The number of rotatable bonds is 23. The van der Waals surface area contributed by atoms with Crippen molar-refractivity contribution in [2.45, 2.75) is 195 Å². The SMILES string of the molecule is COC(=O)[C@H](CCc1cc(O)c(C(=O)OCc2ccccc2)n1CCCCCCn1c(CC[C@@H](C(=O)OC)N(C(=O)OC(C)(C)C)C(=O)OC(C)(C)C)cc(O)c1C(=O)OCc1ccccc1)N(C(=O)OC(C)(C)C)C(=O)OC(C)(C)C. The molecule has 22 nitrogen and oxygen atoms in total. The van der Waals surface area contributed by atoms with E-state index in [2.05, 4.69) is 0 Å². The zero-order chi connectivity index (χ0) is 61.3. The van der Waals surface area contributed by atoms with Crippen molar-refractivity contribution in [1.29, 1.82) is 0 Å². The van der Waals surface area contributed by atoms with Crippen LogP contribution in [0.3, 0.4) is 0 Å². The number of benzene rings is 2. The molecule has 2 atom stereocenters. The standard InChI is InChI=1S/C60H82N4O18/c1-57(2,3)79-53(71)63(54(72)80-58(4,5)6)43(49(67)75-13)31-29-41-35-45(65)47(51(69)77-37-39-25-19-17-20-26-39)61(41)33-23-15-16-24-34-62-42(36-46(66)48(62)52(70)78-38-40-27-21-18-22-28-40)30-32-44(50(68)76-14)64(55(73)81-59(7,8)9)56(74)82-60(10,11)12/h17-22,25-28,35-36,43-44,65-66H,15-16,23-24,29-34,37-38H2,1-14H3/t43-,44-/m0/s1. The third kappa shape index (κ3) is 20.5. The molecule has 0 saturated carbocycles. The van der Waals surface area contributed by atoms with Crippen LogP contribution in [-0.4, -0.2) is 126 Å². The van der Waals surface area contributed by atoms with Gasteiger partial charge in [-0.25, -0.2) is 38.4 Å². The molecule has 0 saturated heterocycles. The first-order valence-corrected chi connectivity index (χ1v) is 27.1. The van der Waals surface area contributed by atoms with Crippen LogP contribution in [-0.2, 0) is 86.6 Å². The summed E-state index contributed by atoms with van der Waals surface area (Å²) in [5.41, 5.74) is -2.59. The van der Waals surface area contributed by atoms with Crippen LogP contribution in [0.5, 0.6) is 11.5 Å². The van der Waals surface area contributed by atoms with Crippen molar-refractivity contribution in [2.24, 2.45) is 0 Å². The molecule has 2 heterocycles. The van der Waals surface area contributed by atoms with Crippen LogP contribution in [0.25, 0.3) is 0 Å². The fraction of sp³-hybridized carbons (Fsp3) is 0.533. The van der Waals surface area contributed by atoms with Gasteiger partial charge >= 0.3 is 48.3 Å². The van der Waals surface area contributed by atoms with Crippen molar-refractivity contribution in [3.63, 3.8) is 0 Å². The van der Waals surface area contributed by atoms with Gasteiger partial charge in [0.05, 0.1) is 14.2 Å². The Morgan fingerprint density at radius 3 is 1.02 bits per heavy atom. The fourth-order valence-corrected chi connectivity index (χ4v) is 8.45. The smallest absolute Gasteiger partial charge is 0.420 e. The largest absolute Gasteiger partial charge is 0.505 e. The van der Waals surface area contributed by atoms with Gasteiger partial charge in [-0.05, 0) is 133 Å². The van der Waals surface area contributed by atoms with E-state index < -0.39 is 94.2 Å². The number of aromatic hydroxyl groups is 2.